The zero-order valence-electron chi connectivity index (χ0n) is 36.0. The van der Waals surface area contributed by atoms with Crippen LogP contribution >= 0.6 is 0 Å². The van der Waals surface area contributed by atoms with E-state index >= 15 is 0 Å². The molecule has 8 atom stereocenters. The lowest BCUT2D eigenvalue weighted by Gasteiger charge is -2.41. The van der Waals surface area contributed by atoms with Crippen LogP contribution < -0.4 is 5.32 Å². The second-order valence-corrected chi connectivity index (χ2v) is 17.2. The standard InChI is InChI=1S/C44H83NO12S/c1-3-5-7-9-11-13-15-17-19-21-22-24-26-28-30-32-37(47)36(35-55-44-41(50)42(57-58(52,53)54)40(49)39(34-46)56-44)45-43(51)38(48)33-31-29-27-25-23-20-18-16-14-12-10-8-6-4-2/h22,24,30,32,36-42,44,46-50H,3-21,23,25-29,31,33-35H2,1-2H3,(H,45,51)(H,52,53,54)/b24-22+,32-30+. The second-order valence-electron chi connectivity index (χ2n) is 16.1. The monoisotopic (exact) mass is 850 g/mol. The molecule has 7 N–H and O–H groups in total. The van der Waals surface area contributed by atoms with Gasteiger partial charge in [-0.25, -0.2) is 4.18 Å². The molecule has 342 valence electrons. The normalized spacial score (nSPS) is 21.8. The van der Waals surface area contributed by atoms with Gasteiger partial charge in [-0.15, -0.1) is 0 Å². The smallest absolute Gasteiger partial charge is 0.394 e. The quantitative estimate of drug-likeness (QED) is 0.0183. The summed E-state index contributed by atoms with van der Waals surface area (Å²) in [7, 11) is -5.12. The molecule has 13 nitrogen and oxygen atoms in total. The number of unbranched alkanes of at least 4 members (excludes halogenated alkanes) is 23. The van der Waals surface area contributed by atoms with Gasteiger partial charge < -0.3 is 40.3 Å². The van der Waals surface area contributed by atoms with Crippen LogP contribution in [0, 0.1) is 0 Å². The number of carbonyl (C=O) groups excluding carboxylic acids is 1. The zero-order chi connectivity index (χ0) is 42.9. The zero-order valence-corrected chi connectivity index (χ0v) is 36.8. The first-order chi connectivity index (χ1) is 27.9. The number of hydrogen-bond acceptors (Lipinski definition) is 11. The van der Waals surface area contributed by atoms with Crippen molar-refractivity contribution < 1.29 is 57.0 Å². The van der Waals surface area contributed by atoms with E-state index in [4.69, 9.17) is 14.0 Å². The summed E-state index contributed by atoms with van der Waals surface area (Å²) in [6.07, 6.45) is 26.9. The van der Waals surface area contributed by atoms with Crippen LogP contribution in [0.2, 0.25) is 0 Å². The molecule has 1 amide bonds. The van der Waals surface area contributed by atoms with Crippen LogP contribution in [0.4, 0.5) is 0 Å². The van der Waals surface area contributed by atoms with Gasteiger partial charge in [0.15, 0.2) is 6.29 Å². The predicted molar refractivity (Wildman–Crippen MR) is 228 cm³/mol. The molecule has 0 radical (unpaired) electrons. The lowest BCUT2D eigenvalue weighted by atomic mass is 9.99. The number of ether oxygens (including phenoxy) is 2. The van der Waals surface area contributed by atoms with Crippen molar-refractivity contribution in [2.45, 2.75) is 236 Å². The molecule has 0 aromatic carbocycles. The summed E-state index contributed by atoms with van der Waals surface area (Å²) < 4.78 is 47.4. The fraction of sp³-hybridized carbons (Fsp3) is 0.886. The highest BCUT2D eigenvalue weighted by Crippen LogP contribution is 2.26. The summed E-state index contributed by atoms with van der Waals surface area (Å²) in [6.45, 7) is 3.19. The van der Waals surface area contributed by atoms with Crippen LogP contribution in [-0.2, 0) is 28.9 Å². The van der Waals surface area contributed by atoms with Crippen LogP contribution in [-0.4, -0.2) is 107 Å². The average molecular weight is 850 g/mol. The highest BCUT2D eigenvalue weighted by atomic mass is 32.3. The van der Waals surface area contributed by atoms with E-state index in [-0.39, 0.29) is 6.42 Å². The molecule has 1 rings (SSSR count). The molecule has 1 heterocycles. The fourth-order valence-electron chi connectivity index (χ4n) is 7.18. The summed E-state index contributed by atoms with van der Waals surface area (Å²) in [5.74, 6) is -0.712. The maximum Gasteiger partial charge on any atom is 0.397 e. The summed E-state index contributed by atoms with van der Waals surface area (Å²) in [5.41, 5.74) is 0. The Labute approximate surface area is 351 Å². The maximum absolute atomic E-state index is 13.1. The van der Waals surface area contributed by atoms with Crippen LogP contribution in [0.3, 0.4) is 0 Å². The molecule has 0 bridgehead atoms. The lowest BCUT2D eigenvalue weighted by Crippen LogP contribution is -2.61. The predicted octanol–water partition coefficient (Wildman–Crippen LogP) is 7.52. The van der Waals surface area contributed by atoms with Gasteiger partial charge in [-0.2, -0.15) is 8.42 Å². The van der Waals surface area contributed by atoms with Crippen LogP contribution in [0.15, 0.2) is 24.3 Å². The van der Waals surface area contributed by atoms with E-state index in [1.807, 2.05) is 0 Å². The topological polar surface area (TPSA) is 212 Å². The van der Waals surface area contributed by atoms with E-state index in [2.05, 4.69) is 35.5 Å². The van der Waals surface area contributed by atoms with Gasteiger partial charge in [0.25, 0.3) is 0 Å². The van der Waals surface area contributed by atoms with E-state index in [0.717, 1.165) is 38.5 Å². The van der Waals surface area contributed by atoms with Crippen molar-refractivity contribution in [2.75, 3.05) is 13.2 Å². The third-order valence-corrected chi connectivity index (χ3v) is 11.3. The third-order valence-electron chi connectivity index (χ3n) is 10.8. The van der Waals surface area contributed by atoms with Crippen molar-refractivity contribution in [1.82, 2.24) is 5.32 Å². The number of nitrogens with one attached hydrogen (secondary N) is 1. The minimum atomic E-state index is -5.12. The second kappa shape index (κ2) is 35.2. The van der Waals surface area contributed by atoms with E-state index in [9.17, 15) is 38.7 Å². The van der Waals surface area contributed by atoms with E-state index < -0.39 is 78.5 Å². The average Bonchev–Trinajstić information content (AvgIpc) is 3.19. The molecule has 8 unspecified atom stereocenters. The Morgan fingerprint density at radius 1 is 0.690 bits per heavy atom. The van der Waals surface area contributed by atoms with Crippen molar-refractivity contribution >= 4 is 16.3 Å². The molecule has 0 aliphatic carbocycles. The number of amides is 1. The highest BCUT2D eigenvalue weighted by molar-refractivity contribution is 7.80. The first-order valence-corrected chi connectivity index (χ1v) is 24.2. The van der Waals surface area contributed by atoms with Crippen molar-refractivity contribution in [3.63, 3.8) is 0 Å². The molecule has 0 aromatic rings. The number of aliphatic hydroxyl groups excluding tert-OH is 5. The van der Waals surface area contributed by atoms with Gasteiger partial charge in [-0.3, -0.25) is 9.35 Å². The van der Waals surface area contributed by atoms with Gasteiger partial charge in [0.1, 0.15) is 30.5 Å². The molecule has 1 aliphatic rings. The summed E-state index contributed by atoms with van der Waals surface area (Å²) in [4.78, 5) is 13.1. The first kappa shape index (κ1) is 54.6. The fourth-order valence-corrected chi connectivity index (χ4v) is 7.69. The highest BCUT2D eigenvalue weighted by Gasteiger charge is 2.48. The molecular formula is C44H83NO12S. The lowest BCUT2D eigenvalue weighted by molar-refractivity contribution is -0.298. The van der Waals surface area contributed by atoms with Gasteiger partial charge in [0.2, 0.25) is 5.91 Å². The first-order valence-electron chi connectivity index (χ1n) is 22.8. The molecule has 1 aliphatic heterocycles. The molecule has 0 spiro atoms. The van der Waals surface area contributed by atoms with Gasteiger partial charge in [-0.1, -0.05) is 179 Å². The maximum atomic E-state index is 13.1. The summed E-state index contributed by atoms with van der Waals surface area (Å²) in [6, 6.07) is -1.13. The number of carbonyl (C=O) groups is 1. The molecule has 58 heavy (non-hydrogen) atoms. The summed E-state index contributed by atoms with van der Waals surface area (Å²) in [5, 5.41) is 55.1. The Morgan fingerprint density at radius 2 is 1.16 bits per heavy atom. The molecule has 1 fully saturated rings. The van der Waals surface area contributed by atoms with Crippen LogP contribution in [0.25, 0.3) is 0 Å². The van der Waals surface area contributed by atoms with Crippen LogP contribution in [0.1, 0.15) is 187 Å². The van der Waals surface area contributed by atoms with Crippen molar-refractivity contribution in [1.29, 1.82) is 0 Å². The third kappa shape index (κ3) is 27.4. The Hall–Kier alpha value is -1.46. The minimum absolute atomic E-state index is 0.240. The van der Waals surface area contributed by atoms with E-state index in [1.54, 1.807) is 6.08 Å². The molecule has 14 heteroatoms. The molecule has 0 aromatic heterocycles. The van der Waals surface area contributed by atoms with Crippen molar-refractivity contribution in [3.05, 3.63) is 24.3 Å². The molecule has 1 saturated heterocycles. The Kier molecular flexibility index (Phi) is 33.1. The Balaban J connectivity index is 2.63. The largest absolute Gasteiger partial charge is 0.397 e. The van der Waals surface area contributed by atoms with E-state index in [1.165, 1.54) is 122 Å². The van der Waals surface area contributed by atoms with Gasteiger partial charge >= 0.3 is 10.4 Å². The van der Waals surface area contributed by atoms with Crippen molar-refractivity contribution in [3.8, 4) is 0 Å². The minimum Gasteiger partial charge on any atom is -0.394 e. The number of allylic oxidation sites excluding steroid dienone is 3. The van der Waals surface area contributed by atoms with E-state index in [0.29, 0.717) is 12.8 Å². The van der Waals surface area contributed by atoms with Gasteiger partial charge in [0, 0.05) is 0 Å². The van der Waals surface area contributed by atoms with Gasteiger partial charge in [0.05, 0.1) is 25.4 Å². The Morgan fingerprint density at radius 3 is 1.66 bits per heavy atom. The van der Waals surface area contributed by atoms with Crippen molar-refractivity contribution in [2.24, 2.45) is 0 Å². The summed E-state index contributed by atoms with van der Waals surface area (Å²) >= 11 is 0. The SMILES string of the molecule is CCCCCCCCCCC/C=C/CC/C=C/C(O)C(COC1OC(CO)C(O)C(OS(=O)(=O)O)C1O)NC(=O)C(O)CCCCCCCCCCCCCCCC. The Bertz CT molecular complexity index is 1160. The molecular weight excluding hydrogens is 767 g/mol. The van der Waals surface area contributed by atoms with Gasteiger partial charge in [-0.05, 0) is 32.1 Å². The number of aliphatic hydroxyl groups is 5. The number of hydrogen-bond donors (Lipinski definition) is 7. The molecule has 0 saturated carbocycles. The van der Waals surface area contributed by atoms with Crippen LogP contribution in [0.5, 0.6) is 0 Å². The number of rotatable bonds is 38.